The summed E-state index contributed by atoms with van der Waals surface area (Å²) in [5.74, 6) is 0. The molecule has 3 aromatic heterocycles. The smallest absolute Gasteiger partial charge is 0.138 e. The van der Waals surface area contributed by atoms with Crippen molar-refractivity contribution in [3.05, 3.63) is 164 Å². The van der Waals surface area contributed by atoms with Crippen LogP contribution >= 0.6 is 0 Å². The third-order valence-electron chi connectivity index (χ3n) is 8.69. The molecule has 9 rings (SSSR count). The quantitative estimate of drug-likeness (QED) is 0.204. The molecule has 0 aliphatic rings. The monoisotopic (exact) mass is 577 g/mol. The summed E-state index contributed by atoms with van der Waals surface area (Å²) in [6.07, 6.45) is 3.63. The van der Waals surface area contributed by atoms with Gasteiger partial charge in [-0.25, -0.2) is 0 Å². The van der Waals surface area contributed by atoms with E-state index in [1.54, 1.807) is 6.20 Å². The molecule has 4 nitrogen and oxygen atoms in total. The molecular weight excluding hydrogens is 550 g/mol. The Kier molecular flexibility index (Phi) is 5.78. The average molecular weight is 578 g/mol. The Hall–Kier alpha value is -6.13. The van der Waals surface area contributed by atoms with E-state index in [2.05, 4.69) is 154 Å². The second-order valence-corrected chi connectivity index (χ2v) is 11.3. The maximum Gasteiger partial charge on any atom is 0.138 e. The van der Waals surface area contributed by atoms with Crippen molar-refractivity contribution in [2.24, 2.45) is 0 Å². The number of furan rings is 1. The lowest BCUT2D eigenvalue weighted by atomic mass is 10.0. The third kappa shape index (κ3) is 4.19. The van der Waals surface area contributed by atoms with Gasteiger partial charge in [-0.1, -0.05) is 78.9 Å². The van der Waals surface area contributed by atoms with Gasteiger partial charge in [-0.05, 0) is 77.9 Å². The summed E-state index contributed by atoms with van der Waals surface area (Å²) in [5, 5.41) is 4.63. The standard InChI is InChI=1S/C41H27N3O/c1-2-8-30(9-3-1)43(33-22-23-36-37-27-42-25-24-40(37)45-41(36)26-33)31-18-14-28(15-19-31)29-16-20-32(21-17-29)44-38-12-6-4-10-34(38)35-11-5-7-13-39(35)44/h1-27H. The van der Waals surface area contributed by atoms with E-state index in [0.29, 0.717) is 0 Å². The van der Waals surface area contributed by atoms with Gasteiger partial charge in [0.15, 0.2) is 0 Å². The minimum absolute atomic E-state index is 0.844. The third-order valence-corrected chi connectivity index (χ3v) is 8.69. The number of hydrogen-bond acceptors (Lipinski definition) is 3. The first-order chi connectivity index (χ1) is 22.3. The predicted molar refractivity (Wildman–Crippen MR) is 186 cm³/mol. The highest BCUT2D eigenvalue weighted by atomic mass is 16.3. The zero-order chi connectivity index (χ0) is 29.7. The molecule has 4 heteroatoms. The Bertz CT molecular complexity index is 2420. The summed E-state index contributed by atoms with van der Waals surface area (Å²) >= 11 is 0. The number of hydrogen-bond donors (Lipinski definition) is 0. The van der Waals surface area contributed by atoms with Crippen molar-refractivity contribution in [2.45, 2.75) is 0 Å². The summed E-state index contributed by atoms with van der Waals surface area (Å²) in [5.41, 5.74) is 10.8. The summed E-state index contributed by atoms with van der Waals surface area (Å²) in [6.45, 7) is 0. The van der Waals surface area contributed by atoms with Crippen LogP contribution < -0.4 is 4.90 Å². The lowest BCUT2D eigenvalue weighted by Gasteiger charge is -2.25. The van der Waals surface area contributed by atoms with Crippen molar-refractivity contribution in [3.63, 3.8) is 0 Å². The highest BCUT2D eigenvalue weighted by molar-refractivity contribution is 6.09. The van der Waals surface area contributed by atoms with E-state index in [9.17, 15) is 0 Å². The van der Waals surface area contributed by atoms with E-state index in [-0.39, 0.29) is 0 Å². The number of pyridine rings is 1. The van der Waals surface area contributed by atoms with E-state index >= 15 is 0 Å². The van der Waals surface area contributed by atoms with Gasteiger partial charge in [-0.3, -0.25) is 4.98 Å². The zero-order valence-electron chi connectivity index (χ0n) is 24.3. The number of para-hydroxylation sites is 3. The molecule has 0 saturated heterocycles. The van der Waals surface area contributed by atoms with E-state index in [0.717, 1.165) is 44.7 Å². The van der Waals surface area contributed by atoms with Gasteiger partial charge in [0.2, 0.25) is 0 Å². The van der Waals surface area contributed by atoms with E-state index < -0.39 is 0 Å². The molecule has 0 spiro atoms. The van der Waals surface area contributed by atoms with Gasteiger partial charge in [0.25, 0.3) is 0 Å². The highest BCUT2D eigenvalue weighted by Gasteiger charge is 2.16. The van der Waals surface area contributed by atoms with Crippen molar-refractivity contribution in [2.75, 3.05) is 4.90 Å². The van der Waals surface area contributed by atoms with Crippen LogP contribution in [0, 0.1) is 0 Å². The van der Waals surface area contributed by atoms with Gasteiger partial charge in [0, 0.05) is 62.8 Å². The van der Waals surface area contributed by atoms with Crippen LogP contribution in [0.4, 0.5) is 17.1 Å². The van der Waals surface area contributed by atoms with Crippen LogP contribution in [-0.4, -0.2) is 9.55 Å². The van der Waals surface area contributed by atoms with Crippen LogP contribution in [0.2, 0.25) is 0 Å². The van der Waals surface area contributed by atoms with Crippen LogP contribution in [0.25, 0.3) is 60.6 Å². The highest BCUT2D eigenvalue weighted by Crippen LogP contribution is 2.39. The second kappa shape index (κ2) is 10.2. The second-order valence-electron chi connectivity index (χ2n) is 11.3. The van der Waals surface area contributed by atoms with Gasteiger partial charge >= 0.3 is 0 Å². The molecule has 0 saturated carbocycles. The Balaban J connectivity index is 1.08. The van der Waals surface area contributed by atoms with Crippen LogP contribution in [0.15, 0.2) is 168 Å². The topological polar surface area (TPSA) is 34.2 Å². The van der Waals surface area contributed by atoms with E-state index in [4.69, 9.17) is 4.42 Å². The SMILES string of the molecule is c1ccc(N(c2ccc(-c3ccc(-n4c5ccccc5c5ccccc54)cc3)cc2)c2ccc3c(c2)oc2ccncc23)cc1. The minimum atomic E-state index is 0.844. The first-order valence-electron chi connectivity index (χ1n) is 15.1. The molecule has 0 amide bonds. The maximum absolute atomic E-state index is 6.21. The fourth-order valence-electron chi connectivity index (χ4n) is 6.58. The molecule has 9 aromatic rings. The number of fused-ring (bicyclic) bond motifs is 6. The molecule has 212 valence electrons. The largest absolute Gasteiger partial charge is 0.456 e. The predicted octanol–water partition coefficient (Wildman–Crippen LogP) is 11.2. The molecule has 0 N–H and O–H groups in total. The van der Waals surface area contributed by atoms with Crippen LogP contribution in [0.3, 0.4) is 0 Å². The van der Waals surface area contributed by atoms with Crippen molar-refractivity contribution >= 4 is 60.8 Å². The molecule has 0 bridgehead atoms. The molecule has 45 heavy (non-hydrogen) atoms. The fourth-order valence-corrected chi connectivity index (χ4v) is 6.58. The van der Waals surface area contributed by atoms with E-state index in [1.807, 2.05) is 18.3 Å². The van der Waals surface area contributed by atoms with Gasteiger partial charge in [-0.15, -0.1) is 0 Å². The van der Waals surface area contributed by atoms with Gasteiger partial charge < -0.3 is 13.9 Å². The maximum atomic E-state index is 6.21. The lowest BCUT2D eigenvalue weighted by molar-refractivity contribution is 0.668. The summed E-state index contributed by atoms with van der Waals surface area (Å²) in [7, 11) is 0. The Labute approximate surface area is 260 Å². The zero-order valence-corrected chi connectivity index (χ0v) is 24.3. The molecule has 6 aromatic carbocycles. The first kappa shape index (κ1) is 25.4. The van der Waals surface area contributed by atoms with Gasteiger partial charge in [0.1, 0.15) is 11.2 Å². The molecular formula is C41H27N3O. The fraction of sp³-hybridized carbons (Fsp3) is 0. The number of benzene rings is 6. The summed E-state index contributed by atoms with van der Waals surface area (Å²) in [6, 6.07) is 53.7. The molecule has 0 fully saturated rings. The van der Waals surface area contributed by atoms with Crippen molar-refractivity contribution in [3.8, 4) is 16.8 Å². The Morgan fingerprint density at radius 3 is 1.78 bits per heavy atom. The molecule has 0 radical (unpaired) electrons. The molecule has 3 heterocycles. The number of nitrogens with zero attached hydrogens (tertiary/aromatic N) is 3. The number of rotatable bonds is 5. The van der Waals surface area contributed by atoms with Crippen LogP contribution in [-0.2, 0) is 0 Å². The van der Waals surface area contributed by atoms with Crippen LogP contribution in [0.1, 0.15) is 0 Å². The Morgan fingerprint density at radius 1 is 0.467 bits per heavy atom. The number of anilines is 3. The minimum Gasteiger partial charge on any atom is -0.456 e. The van der Waals surface area contributed by atoms with Crippen molar-refractivity contribution in [1.29, 1.82) is 0 Å². The van der Waals surface area contributed by atoms with Crippen LogP contribution in [0.5, 0.6) is 0 Å². The van der Waals surface area contributed by atoms with Gasteiger partial charge in [0.05, 0.1) is 11.0 Å². The van der Waals surface area contributed by atoms with Crippen molar-refractivity contribution in [1.82, 2.24) is 9.55 Å². The average Bonchev–Trinajstić information content (AvgIpc) is 3.65. The number of aromatic nitrogens is 2. The molecule has 0 atom stereocenters. The lowest BCUT2D eigenvalue weighted by Crippen LogP contribution is -2.09. The van der Waals surface area contributed by atoms with E-state index in [1.165, 1.54) is 32.9 Å². The molecule has 0 unspecified atom stereocenters. The normalized spacial score (nSPS) is 11.6. The first-order valence-corrected chi connectivity index (χ1v) is 15.1. The summed E-state index contributed by atoms with van der Waals surface area (Å²) in [4.78, 5) is 6.56. The van der Waals surface area contributed by atoms with Gasteiger partial charge in [-0.2, -0.15) is 0 Å². The molecule has 0 aliphatic heterocycles. The molecule has 0 aliphatic carbocycles. The van der Waals surface area contributed by atoms with Crippen molar-refractivity contribution < 1.29 is 4.42 Å². The summed E-state index contributed by atoms with van der Waals surface area (Å²) < 4.78 is 8.56. The Morgan fingerprint density at radius 2 is 1.07 bits per heavy atom.